The molecule has 0 radical (unpaired) electrons. The molecule has 1 heterocycles. The fourth-order valence-corrected chi connectivity index (χ4v) is 8.65. The van der Waals surface area contributed by atoms with Crippen LogP contribution in [0.2, 0.25) is 0 Å². The van der Waals surface area contributed by atoms with Crippen molar-refractivity contribution >= 4 is 112 Å². The number of benzene rings is 6. The Balaban J connectivity index is 1.08. The second kappa shape index (κ2) is 21.0. The number of phenols is 2. The number of pyridine rings is 1. The molecule has 1 aromatic heterocycles. The molecule has 0 saturated heterocycles. The Morgan fingerprint density at radius 2 is 0.865 bits per heavy atom. The highest BCUT2D eigenvalue weighted by molar-refractivity contribution is 7.86. The number of amides is 2. The third-order valence-electron chi connectivity index (χ3n) is 10.9. The molecule has 0 saturated carbocycles. The third kappa shape index (κ3) is 11.9. The number of carbonyl (C=O) groups excluding carboxylic acids is 2. The van der Waals surface area contributed by atoms with E-state index in [0.29, 0.717) is 0 Å². The lowest BCUT2D eigenvalue weighted by Crippen LogP contribution is -2.18. The van der Waals surface area contributed by atoms with Crippen molar-refractivity contribution in [3.05, 3.63) is 138 Å². The Kier molecular flexibility index (Phi) is 14.8. The van der Waals surface area contributed by atoms with Gasteiger partial charge in [0.2, 0.25) is 0 Å². The molecule has 0 aliphatic carbocycles. The highest BCUT2D eigenvalue weighted by atomic mass is 32.2. The number of aromatic hydroxyl groups is 2. The molecule has 2 unspecified atom stereocenters. The van der Waals surface area contributed by atoms with Gasteiger partial charge in [0.25, 0.3) is 32.1 Å². The van der Waals surface area contributed by atoms with E-state index in [9.17, 15) is 75.1 Å². The molecule has 378 valence electrons. The topological polar surface area (TPSA) is 419 Å². The quantitative estimate of drug-likeness (QED) is 0.0288. The van der Waals surface area contributed by atoms with Gasteiger partial charge in [-0.15, -0.1) is 10.2 Å². The van der Waals surface area contributed by atoms with E-state index in [1.807, 2.05) is 0 Å². The number of fused-ring (bicyclic) bond motifs is 2. The van der Waals surface area contributed by atoms with Crippen molar-refractivity contribution in [1.82, 2.24) is 4.98 Å². The predicted octanol–water partition coefficient (Wildman–Crippen LogP) is 7.91. The molecular formula is C47H35N7O18S2. The monoisotopic (exact) mass is 1050 g/mol. The zero-order valence-corrected chi connectivity index (χ0v) is 38.9. The Bertz CT molecular complexity index is 3530. The number of rotatable bonds is 18. The molecule has 0 spiro atoms. The van der Waals surface area contributed by atoms with Crippen molar-refractivity contribution < 1.29 is 85.3 Å². The van der Waals surface area contributed by atoms with Gasteiger partial charge in [0.15, 0.2) is 11.5 Å². The summed E-state index contributed by atoms with van der Waals surface area (Å²) in [5.41, 5.74) is -1.53. The van der Waals surface area contributed by atoms with Crippen LogP contribution in [0.25, 0.3) is 21.5 Å². The lowest BCUT2D eigenvalue weighted by atomic mass is 9.96. The van der Waals surface area contributed by atoms with Gasteiger partial charge in [-0.25, -0.2) is 4.98 Å². The first-order chi connectivity index (χ1) is 34.9. The molecule has 0 bridgehead atoms. The molecule has 0 aliphatic rings. The smallest absolute Gasteiger partial charge is 0.311 e. The Morgan fingerprint density at radius 1 is 0.500 bits per heavy atom. The minimum Gasteiger partial charge on any atom is -0.505 e. The lowest BCUT2D eigenvalue weighted by molar-refractivity contribution is -0.145. The summed E-state index contributed by atoms with van der Waals surface area (Å²) in [6.07, 6.45) is -1.39. The highest BCUT2D eigenvalue weighted by Crippen LogP contribution is 2.44. The largest absolute Gasteiger partial charge is 0.505 e. The molecule has 6 aromatic carbocycles. The number of anilines is 2. The Hall–Kier alpha value is -9.57. The molecule has 7 rings (SSSR count). The van der Waals surface area contributed by atoms with E-state index in [0.717, 1.165) is 12.1 Å². The zero-order valence-electron chi connectivity index (χ0n) is 37.3. The van der Waals surface area contributed by atoms with Gasteiger partial charge in [0.1, 0.15) is 32.6 Å². The van der Waals surface area contributed by atoms with E-state index < -0.39 is 113 Å². The van der Waals surface area contributed by atoms with Crippen LogP contribution in [0, 0.1) is 0 Å². The summed E-state index contributed by atoms with van der Waals surface area (Å²) in [7, 11) is -10.2. The molecule has 10 N–H and O–H groups in total. The van der Waals surface area contributed by atoms with E-state index in [1.165, 1.54) is 103 Å². The first-order valence-corrected chi connectivity index (χ1v) is 23.8. The first-order valence-electron chi connectivity index (χ1n) is 20.9. The molecule has 2 amide bonds. The SMILES string of the molecule is O=C(O)CC(C(=O)O)c1ccc(N=Nc2c(S(=O)(=O)O)cc3cc(NC(=O)c4cccc(C(=O)Nc5ccc6c(O)c(N=Nc7ccc(C(CC(=O)O)C(=O)O)cc7)c(S(=O)(=O)O)cc6c5)n4)ccc3c2O)cc1. The molecule has 74 heavy (non-hydrogen) atoms. The van der Waals surface area contributed by atoms with Crippen LogP contribution in [0.5, 0.6) is 11.5 Å². The summed E-state index contributed by atoms with van der Waals surface area (Å²) in [6.45, 7) is 0. The third-order valence-corrected chi connectivity index (χ3v) is 12.6. The molecule has 0 fully saturated rings. The van der Waals surface area contributed by atoms with Crippen LogP contribution in [0.4, 0.5) is 34.1 Å². The van der Waals surface area contributed by atoms with Gasteiger partial charge in [-0.05, 0) is 107 Å². The number of carbonyl (C=O) groups is 6. The summed E-state index contributed by atoms with van der Waals surface area (Å²) in [5, 5.41) is 79.7. The maximum absolute atomic E-state index is 13.4. The number of aromatic nitrogens is 1. The minimum absolute atomic E-state index is 0.00610. The fraction of sp³-hybridized carbons (Fsp3) is 0.0851. The van der Waals surface area contributed by atoms with E-state index in [-0.39, 0.29) is 66.8 Å². The summed E-state index contributed by atoms with van der Waals surface area (Å²) < 4.78 is 70.1. The molecular weight excluding hydrogens is 1010 g/mol. The van der Waals surface area contributed by atoms with Gasteiger partial charge >= 0.3 is 23.9 Å². The van der Waals surface area contributed by atoms with Crippen LogP contribution in [0.15, 0.2) is 146 Å². The van der Waals surface area contributed by atoms with Gasteiger partial charge in [-0.1, -0.05) is 30.3 Å². The number of phenolic OH excluding ortho intramolecular Hbond substituents is 2. The number of aliphatic carboxylic acids is 4. The van der Waals surface area contributed by atoms with Crippen molar-refractivity contribution in [2.45, 2.75) is 34.5 Å². The molecule has 25 nitrogen and oxygen atoms in total. The van der Waals surface area contributed by atoms with E-state index in [1.54, 1.807) is 0 Å². The van der Waals surface area contributed by atoms with Crippen molar-refractivity contribution in [3.63, 3.8) is 0 Å². The minimum atomic E-state index is -5.09. The predicted molar refractivity (Wildman–Crippen MR) is 257 cm³/mol. The van der Waals surface area contributed by atoms with E-state index in [4.69, 9.17) is 10.2 Å². The number of nitrogens with one attached hydrogen (secondary N) is 2. The van der Waals surface area contributed by atoms with Crippen molar-refractivity contribution in [3.8, 4) is 11.5 Å². The van der Waals surface area contributed by atoms with Gasteiger partial charge < -0.3 is 41.3 Å². The zero-order chi connectivity index (χ0) is 53.8. The molecule has 27 heteroatoms. The van der Waals surface area contributed by atoms with Crippen LogP contribution in [-0.2, 0) is 39.4 Å². The van der Waals surface area contributed by atoms with E-state index in [2.05, 4.69) is 36.1 Å². The molecule has 0 aliphatic heterocycles. The first kappa shape index (κ1) is 52.3. The second-order valence-electron chi connectivity index (χ2n) is 15.8. The number of hydrogen-bond acceptors (Lipinski definition) is 17. The van der Waals surface area contributed by atoms with Crippen LogP contribution in [0.3, 0.4) is 0 Å². The summed E-state index contributed by atoms with van der Waals surface area (Å²) in [6, 6.07) is 23.7. The highest BCUT2D eigenvalue weighted by Gasteiger charge is 2.27. The second-order valence-corrected chi connectivity index (χ2v) is 18.6. The molecule has 2 atom stereocenters. The van der Waals surface area contributed by atoms with Crippen LogP contribution in [0.1, 0.15) is 56.8 Å². The number of carboxylic acid groups (broad SMARTS) is 4. The number of nitrogens with zero attached hydrogens (tertiary/aromatic N) is 5. The standard InChI is InChI=1S/C47H35N7O18S2/c55-38(56)20-32(46(63)64)22-4-8-26(9-5-22)51-53-40-36(73(67,68)69)18-24-16-28(12-14-30(24)42(40)59)48-44(61)34-2-1-3-35(50-34)45(62)49-29-13-15-31-25(17-29)19-37(74(70,71)72)41(43(31)60)54-52-27-10-6-23(7-11-27)33(47(65)66)21-39(57)58/h1-19,32-33,59-60H,20-21H2,(H,48,61)(H,49,62)(H,55,56)(H,57,58)(H,63,64)(H,65,66)(H,67,68,69)(H,70,71,72). The van der Waals surface area contributed by atoms with Crippen LogP contribution in [-0.4, -0.2) is 97.3 Å². The number of hydrogen-bond donors (Lipinski definition) is 10. The maximum Gasteiger partial charge on any atom is 0.311 e. The average molecular weight is 1050 g/mol. The van der Waals surface area contributed by atoms with Gasteiger partial charge in [0, 0.05) is 22.1 Å². The Labute approximate surface area is 415 Å². The lowest BCUT2D eigenvalue weighted by Gasteiger charge is -2.12. The summed E-state index contributed by atoms with van der Waals surface area (Å²) >= 11 is 0. The number of carboxylic acids is 4. The van der Waals surface area contributed by atoms with Gasteiger partial charge in [0.05, 0.1) is 36.1 Å². The van der Waals surface area contributed by atoms with E-state index >= 15 is 0 Å². The van der Waals surface area contributed by atoms with Gasteiger partial charge in [-0.2, -0.15) is 27.1 Å². The Morgan fingerprint density at radius 3 is 1.19 bits per heavy atom. The molecule has 7 aromatic rings. The van der Waals surface area contributed by atoms with Gasteiger partial charge in [-0.3, -0.25) is 37.9 Å². The summed E-state index contributed by atoms with van der Waals surface area (Å²) in [5.74, 6) is -11.4. The summed E-state index contributed by atoms with van der Waals surface area (Å²) in [4.78, 5) is 74.6. The maximum atomic E-state index is 13.4. The van der Waals surface area contributed by atoms with Crippen molar-refractivity contribution in [2.75, 3.05) is 10.6 Å². The fourth-order valence-electron chi connectivity index (χ4n) is 7.33. The number of azo groups is 2. The van der Waals surface area contributed by atoms with Crippen LogP contribution < -0.4 is 10.6 Å². The normalized spacial score (nSPS) is 12.7. The average Bonchev–Trinajstić information content (AvgIpc) is 3.33. The van der Waals surface area contributed by atoms with Crippen molar-refractivity contribution in [2.24, 2.45) is 20.5 Å². The van der Waals surface area contributed by atoms with Crippen molar-refractivity contribution in [1.29, 1.82) is 0 Å². The van der Waals surface area contributed by atoms with Crippen LogP contribution >= 0.6 is 0 Å².